The Morgan fingerprint density at radius 2 is 2.29 bits per heavy atom. The van der Waals surface area contributed by atoms with Gasteiger partial charge in [0, 0.05) is 43.0 Å². The van der Waals surface area contributed by atoms with Crippen molar-refractivity contribution >= 4 is 27.5 Å². The summed E-state index contributed by atoms with van der Waals surface area (Å²) in [7, 11) is -3.47. The third-order valence-corrected chi connectivity index (χ3v) is 6.79. The van der Waals surface area contributed by atoms with E-state index < -0.39 is 10.0 Å². The van der Waals surface area contributed by atoms with Gasteiger partial charge in [-0.15, -0.1) is 0 Å². The van der Waals surface area contributed by atoms with Gasteiger partial charge in [-0.25, -0.2) is 8.42 Å². The van der Waals surface area contributed by atoms with E-state index >= 15 is 0 Å². The molecule has 0 aliphatic carbocycles. The molecular weight excluding hydrogens is 306 g/mol. The van der Waals surface area contributed by atoms with Crippen molar-refractivity contribution in [3.8, 4) is 0 Å². The lowest BCUT2D eigenvalue weighted by Gasteiger charge is -2.31. The van der Waals surface area contributed by atoms with Crippen LogP contribution in [0.4, 0.5) is 5.69 Å². The van der Waals surface area contributed by atoms with E-state index in [1.165, 1.54) is 6.20 Å². The highest BCUT2D eigenvalue weighted by Crippen LogP contribution is 2.29. The van der Waals surface area contributed by atoms with Gasteiger partial charge in [-0.3, -0.25) is 4.98 Å². The zero-order valence-corrected chi connectivity index (χ0v) is 14.2. The summed E-state index contributed by atoms with van der Waals surface area (Å²) in [6.45, 7) is 6.07. The number of thioether (sulfide) groups is 1. The Morgan fingerprint density at radius 1 is 1.48 bits per heavy atom. The van der Waals surface area contributed by atoms with Crippen LogP contribution in [0.15, 0.2) is 23.4 Å². The Balaban J connectivity index is 2.26. The van der Waals surface area contributed by atoms with E-state index in [0.717, 1.165) is 25.1 Å². The van der Waals surface area contributed by atoms with Gasteiger partial charge in [-0.2, -0.15) is 16.1 Å². The second kappa shape index (κ2) is 7.47. The first-order valence-electron chi connectivity index (χ1n) is 7.39. The minimum absolute atomic E-state index is 0.292. The second-order valence-corrected chi connectivity index (χ2v) is 8.38. The minimum atomic E-state index is -3.47. The van der Waals surface area contributed by atoms with Crippen molar-refractivity contribution in [3.05, 3.63) is 18.5 Å². The molecule has 0 bridgehead atoms. The van der Waals surface area contributed by atoms with Crippen LogP contribution < -0.4 is 5.32 Å². The summed E-state index contributed by atoms with van der Waals surface area (Å²) in [5, 5.41) is 3.57. The normalized spacial score (nSPS) is 20.4. The molecule has 0 amide bonds. The first-order valence-corrected chi connectivity index (χ1v) is 9.88. The van der Waals surface area contributed by atoms with Crippen molar-refractivity contribution in [2.45, 2.75) is 36.8 Å². The number of pyridine rings is 1. The number of aromatic nitrogens is 1. The van der Waals surface area contributed by atoms with Crippen molar-refractivity contribution in [1.29, 1.82) is 0 Å². The van der Waals surface area contributed by atoms with Crippen LogP contribution in [0.25, 0.3) is 0 Å². The average molecular weight is 329 g/mol. The number of nitrogens with one attached hydrogen (secondary N) is 1. The Labute approximate surface area is 131 Å². The van der Waals surface area contributed by atoms with Gasteiger partial charge < -0.3 is 5.32 Å². The van der Waals surface area contributed by atoms with Gasteiger partial charge in [0.1, 0.15) is 4.90 Å². The first-order chi connectivity index (χ1) is 10.1. The molecule has 2 rings (SSSR count). The lowest BCUT2D eigenvalue weighted by molar-refractivity contribution is 0.416. The van der Waals surface area contributed by atoms with E-state index in [1.807, 2.05) is 11.8 Å². The fraction of sp³-hybridized carbons (Fsp3) is 0.643. The van der Waals surface area contributed by atoms with Gasteiger partial charge in [0.15, 0.2) is 0 Å². The molecule has 1 saturated heterocycles. The lowest BCUT2D eigenvalue weighted by Crippen LogP contribution is -2.41. The molecule has 0 radical (unpaired) electrons. The van der Waals surface area contributed by atoms with Gasteiger partial charge in [0.05, 0.1) is 5.69 Å². The maximum absolute atomic E-state index is 12.9. The van der Waals surface area contributed by atoms with Gasteiger partial charge in [-0.1, -0.05) is 13.8 Å². The minimum Gasteiger partial charge on any atom is -0.384 e. The van der Waals surface area contributed by atoms with E-state index in [-0.39, 0.29) is 0 Å². The third-order valence-electron chi connectivity index (χ3n) is 3.52. The number of anilines is 1. The fourth-order valence-electron chi connectivity index (χ4n) is 2.29. The van der Waals surface area contributed by atoms with Gasteiger partial charge in [0.2, 0.25) is 10.0 Å². The zero-order valence-electron chi connectivity index (χ0n) is 12.6. The highest BCUT2D eigenvalue weighted by atomic mass is 32.2. The van der Waals surface area contributed by atoms with Crippen LogP contribution in [0.2, 0.25) is 0 Å². The third kappa shape index (κ3) is 3.90. The molecule has 7 heteroatoms. The smallest absolute Gasteiger partial charge is 0.246 e. The van der Waals surface area contributed by atoms with Gasteiger partial charge in [-0.05, 0) is 18.9 Å². The molecule has 5 nitrogen and oxygen atoms in total. The van der Waals surface area contributed by atoms with Crippen LogP contribution in [0.1, 0.15) is 26.7 Å². The number of hydrogen-bond acceptors (Lipinski definition) is 5. The summed E-state index contributed by atoms with van der Waals surface area (Å²) in [4.78, 5) is 4.29. The summed E-state index contributed by atoms with van der Waals surface area (Å²) in [5.74, 6) is 0.857. The Kier molecular flexibility index (Phi) is 5.89. The maximum atomic E-state index is 12.9. The Hall–Kier alpha value is -0.790. The van der Waals surface area contributed by atoms with Crippen molar-refractivity contribution in [3.63, 3.8) is 0 Å². The van der Waals surface area contributed by atoms with Crippen molar-refractivity contribution in [2.24, 2.45) is 0 Å². The number of nitrogens with zero attached hydrogens (tertiary/aromatic N) is 2. The molecule has 21 heavy (non-hydrogen) atoms. The fourth-order valence-corrected chi connectivity index (χ4v) is 5.28. The molecule has 1 aromatic heterocycles. The highest BCUT2D eigenvalue weighted by Gasteiger charge is 2.31. The average Bonchev–Trinajstić information content (AvgIpc) is 2.53. The Bertz CT molecular complexity index is 563. The molecular formula is C14H23N3O2S2. The number of hydrogen-bond donors (Lipinski definition) is 1. The quantitative estimate of drug-likeness (QED) is 0.868. The predicted octanol–water partition coefficient (Wildman–Crippen LogP) is 2.42. The molecule has 1 unspecified atom stereocenters. The van der Waals surface area contributed by atoms with E-state index in [9.17, 15) is 8.42 Å². The largest absolute Gasteiger partial charge is 0.384 e. The van der Waals surface area contributed by atoms with Gasteiger partial charge >= 0.3 is 0 Å². The second-order valence-electron chi connectivity index (χ2n) is 5.06. The van der Waals surface area contributed by atoms with E-state index in [2.05, 4.69) is 24.1 Å². The van der Waals surface area contributed by atoms with Gasteiger partial charge in [0.25, 0.3) is 0 Å². The zero-order chi connectivity index (χ0) is 15.3. The molecule has 1 atom stereocenters. The molecule has 1 aliphatic heterocycles. The summed E-state index contributed by atoms with van der Waals surface area (Å²) >= 11 is 1.86. The monoisotopic (exact) mass is 329 g/mol. The topological polar surface area (TPSA) is 62.3 Å². The number of sulfonamides is 1. The van der Waals surface area contributed by atoms with Crippen LogP contribution in [0, 0.1) is 0 Å². The lowest BCUT2D eigenvalue weighted by atomic mass is 10.3. The van der Waals surface area contributed by atoms with Crippen molar-refractivity contribution in [1.82, 2.24) is 9.29 Å². The molecule has 0 saturated carbocycles. The molecule has 1 N–H and O–H groups in total. The van der Waals surface area contributed by atoms with E-state index in [4.69, 9.17) is 0 Å². The SMILES string of the molecule is CCCNc1ccncc1S(=O)(=O)N1CCSC(CC)C1. The maximum Gasteiger partial charge on any atom is 0.246 e. The molecule has 1 aliphatic rings. The van der Waals surface area contributed by atoms with E-state index in [0.29, 0.717) is 28.9 Å². The number of rotatable bonds is 6. The molecule has 1 aromatic rings. The van der Waals surface area contributed by atoms with Crippen LogP contribution in [-0.4, -0.2) is 48.3 Å². The molecule has 2 heterocycles. The van der Waals surface area contributed by atoms with Crippen LogP contribution >= 0.6 is 11.8 Å². The van der Waals surface area contributed by atoms with E-state index in [1.54, 1.807) is 16.6 Å². The summed E-state index contributed by atoms with van der Waals surface area (Å²) < 4.78 is 27.3. The summed E-state index contributed by atoms with van der Waals surface area (Å²) in [6, 6.07) is 1.73. The summed E-state index contributed by atoms with van der Waals surface area (Å²) in [6.07, 6.45) is 5.01. The Morgan fingerprint density at radius 3 is 3.00 bits per heavy atom. The van der Waals surface area contributed by atoms with Crippen LogP contribution in [0.3, 0.4) is 0 Å². The molecule has 118 valence electrons. The highest BCUT2D eigenvalue weighted by molar-refractivity contribution is 8.00. The molecule has 1 fully saturated rings. The first kappa shape index (κ1) is 16.6. The van der Waals surface area contributed by atoms with Crippen molar-refractivity contribution < 1.29 is 8.42 Å². The standard InChI is InChI=1S/C14H23N3O2S2/c1-3-6-16-13-5-7-15-10-14(13)21(18,19)17-8-9-20-12(4-2)11-17/h5,7,10,12H,3-4,6,8-9,11H2,1-2H3,(H,15,16). The molecule has 0 aromatic carbocycles. The van der Waals surface area contributed by atoms with Crippen molar-refractivity contribution in [2.75, 3.05) is 30.7 Å². The van der Waals surface area contributed by atoms with Crippen LogP contribution in [-0.2, 0) is 10.0 Å². The predicted molar refractivity (Wildman–Crippen MR) is 88.3 cm³/mol. The van der Waals surface area contributed by atoms with Crippen LogP contribution in [0.5, 0.6) is 0 Å². The summed E-state index contributed by atoms with van der Waals surface area (Å²) in [5.41, 5.74) is 0.651. The molecule has 0 spiro atoms.